The zero-order valence-electron chi connectivity index (χ0n) is 16.7. The van der Waals surface area contributed by atoms with E-state index in [1.165, 1.54) is 0 Å². The highest BCUT2D eigenvalue weighted by molar-refractivity contribution is 7.99. The van der Waals surface area contributed by atoms with E-state index in [-0.39, 0.29) is 11.8 Å². The molecule has 0 aliphatic rings. The third-order valence-corrected chi connectivity index (χ3v) is 5.96. The van der Waals surface area contributed by atoms with Crippen LogP contribution in [0, 0.1) is 0 Å². The Kier molecular flexibility index (Phi) is 9.85. The molecule has 156 valence electrons. The molecule has 2 aromatic carbocycles. The van der Waals surface area contributed by atoms with Gasteiger partial charge in [0.25, 0.3) is 0 Å². The van der Waals surface area contributed by atoms with Crippen LogP contribution >= 0.6 is 35.0 Å². The first kappa shape index (κ1) is 23.6. The maximum Gasteiger partial charge on any atom is 0.242 e. The standard InChI is InChI=1S/C22H26Cl2N2O2S/c1-3-25-22(28)16(2)26(15-17-6-4-7-19(24)14-17)21(27)8-5-13-29-20-11-9-18(23)10-12-20/h4,6-7,9-12,14,16H,3,5,8,13,15H2,1-2H3,(H,25,28)/t16-/m1/s1. The van der Waals surface area contributed by atoms with Crippen LogP contribution in [0.3, 0.4) is 0 Å². The lowest BCUT2D eigenvalue weighted by molar-refractivity contribution is -0.140. The predicted molar refractivity (Wildman–Crippen MR) is 122 cm³/mol. The first-order chi connectivity index (χ1) is 13.9. The van der Waals surface area contributed by atoms with Crippen LogP contribution in [-0.4, -0.2) is 35.1 Å². The molecule has 7 heteroatoms. The fraction of sp³-hybridized carbons (Fsp3) is 0.364. The molecule has 4 nitrogen and oxygen atoms in total. The molecule has 2 amide bonds. The SMILES string of the molecule is CCNC(=O)[C@@H](C)N(Cc1cccc(Cl)c1)C(=O)CCCSc1ccc(Cl)cc1. The molecule has 0 radical (unpaired) electrons. The van der Waals surface area contributed by atoms with Crippen molar-refractivity contribution in [2.24, 2.45) is 0 Å². The van der Waals surface area contributed by atoms with Gasteiger partial charge in [-0.3, -0.25) is 9.59 Å². The van der Waals surface area contributed by atoms with Crippen LogP contribution < -0.4 is 5.32 Å². The Morgan fingerprint density at radius 2 is 1.83 bits per heavy atom. The Morgan fingerprint density at radius 3 is 2.48 bits per heavy atom. The summed E-state index contributed by atoms with van der Waals surface area (Å²) in [6, 6.07) is 14.5. The summed E-state index contributed by atoms with van der Waals surface area (Å²) in [7, 11) is 0. The molecular weight excluding hydrogens is 427 g/mol. The minimum atomic E-state index is -0.551. The van der Waals surface area contributed by atoms with Crippen LogP contribution in [0.2, 0.25) is 10.0 Å². The van der Waals surface area contributed by atoms with Gasteiger partial charge in [0, 0.05) is 34.5 Å². The number of likely N-dealkylation sites (N-methyl/N-ethyl adjacent to an activating group) is 1. The highest BCUT2D eigenvalue weighted by Gasteiger charge is 2.25. The lowest BCUT2D eigenvalue weighted by Crippen LogP contribution is -2.47. The van der Waals surface area contributed by atoms with Crippen molar-refractivity contribution < 1.29 is 9.59 Å². The molecule has 0 aliphatic heterocycles. The third-order valence-electron chi connectivity index (χ3n) is 4.38. The van der Waals surface area contributed by atoms with E-state index >= 15 is 0 Å². The van der Waals surface area contributed by atoms with E-state index in [0.717, 1.165) is 22.6 Å². The van der Waals surface area contributed by atoms with Gasteiger partial charge in [0.15, 0.2) is 0 Å². The largest absolute Gasteiger partial charge is 0.355 e. The molecule has 0 unspecified atom stereocenters. The van der Waals surface area contributed by atoms with Crippen molar-refractivity contribution in [3.63, 3.8) is 0 Å². The highest BCUT2D eigenvalue weighted by atomic mass is 35.5. The second-order valence-electron chi connectivity index (χ2n) is 6.63. The van der Waals surface area contributed by atoms with Crippen molar-refractivity contribution in [3.05, 3.63) is 64.1 Å². The van der Waals surface area contributed by atoms with Gasteiger partial charge in [-0.1, -0.05) is 35.3 Å². The van der Waals surface area contributed by atoms with Crippen molar-refractivity contribution >= 4 is 46.8 Å². The maximum atomic E-state index is 12.9. The molecule has 1 N–H and O–H groups in total. The number of carbonyl (C=O) groups is 2. The topological polar surface area (TPSA) is 49.4 Å². The molecular formula is C22H26Cl2N2O2S. The minimum Gasteiger partial charge on any atom is -0.355 e. The Labute approximate surface area is 187 Å². The van der Waals surface area contributed by atoms with E-state index in [2.05, 4.69) is 5.32 Å². The normalized spacial score (nSPS) is 11.7. The van der Waals surface area contributed by atoms with Crippen LogP contribution in [0.5, 0.6) is 0 Å². The molecule has 0 saturated heterocycles. The van der Waals surface area contributed by atoms with E-state index < -0.39 is 6.04 Å². The van der Waals surface area contributed by atoms with Gasteiger partial charge >= 0.3 is 0 Å². The summed E-state index contributed by atoms with van der Waals surface area (Å²) in [5.41, 5.74) is 0.900. The fourth-order valence-corrected chi connectivity index (χ4v) is 4.02. The molecule has 2 rings (SSSR count). The average Bonchev–Trinajstić information content (AvgIpc) is 2.70. The molecule has 0 saturated carbocycles. The van der Waals surface area contributed by atoms with Crippen molar-refractivity contribution in [2.75, 3.05) is 12.3 Å². The summed E-state index contributed by atoms with van der Waals surface area (Å²) in [5.74, 6) is 0.618. The first-order valence-corrected chi connectivity index (χ1v) is 11.3. The molecule has 0 fully saturated rings. The first-order valence-electron chi connectivity index (χ1n) is 9.60. The van der Waals surface area contributed by atoms with Crippen LogP contribution in [0.25, 0.3) is 0 Å². The number of hydrogen-bond donors (Lipinski definition) is 1. The average molecular weight is 453 g/mol. The summed E-state index contributed by atoms with van der Waals surface area (Å²) >= 11 is 13.7. The number of thioether (sulfide) groups is 1. The number of rotatable bonds is 10. The summed E-state index contributed by atoms with van der Waals surface area (Å²) in [6.45, 7) is 4.50. The summed E-state index contributed by atoms with van der Waals surface area (Å²) in [6.07, 6.45) is 1.10. The van der Waals surface area contributed by atoms with Gasteiger partial charge in [0.05, 0.1) is 0 Å². The third kappa shape index (κ3) is 7.92. The zero-order chi connectivity index (χ0) is 21.2. The zero-order valence-corrected chi connectivity index (χ0v) is 19.0. The van der Waals surface area contributed by atoms with Crippen molar-refractivity contribution in [1.82, 2.24) is 10.2 Å². The lowest BCUT2D eigenvalue weighted by atomic mass is 10.1. The van der Waals surface area contributed by atoms with Gasteiger partial charge in [0.2, 0.25) is 11.8 Å². The maximum absolute atomic E-state index is 12.9. The second-order valence-corrected chi connectivity index (χ2v) is 8.67. The van der Waals surface area contributed by atoms with E-state index in [1.54, 1.807) is 29.7 Å². The van der Waals surface area contributed by atoms with Crippen molar-refractivity contribution in [1.29, 1.82) is 0 Å². The van der Waals surface area contributed by atoms with Gasteiger partial charge in [-0.2, -0.15) is 0 Å². The molecule has 0 aliphatic carbocycles. The Morgan fingerprint density at radius 1 is 1.10 bits per heavy atom. The molecule has 1 atom stereocenters. The monoisotopic (exact) mass is 452 g/mol. The van der Waals surface area contributed by atoms with Gasteiger partial charge < -0.3 is 10.2 Å². The van der Waals surface area contributed by atoms with Gasteiger partial charge in [0.1, 0.15) is 6.04 Å². The number of carbonyl (C=O) groups excluding carboxylic acids is 2. The number of amides is 2. The van der Waals surface area contributed by atoms with E-state index in [0.29, 0.717) is 29.6 Å². The van der Waals surface area contributed by atoms with E-state index in [4.69, 9.17) is 23.2 Å². The minimum absolute atomic E-state index is 0.0413. The molecule has 29 heavy (non-hydrogen) atoms. The number of halogens is 2. The van der Waals surface area contributed by atoms with Gasteiger partial charge in [-0.05, 0) is 68.0 Å². The Bertz CT molecular complexity index is 815. The van der Waals surface area contributed by atoms with Crippen molar-refractivity contribution in [2.45, 2.75) is 44.2 Å². The van der Waals surface area contributed by atoms with Gasteiger partial charge in [-0.15, -0.1) is 11.8 Å². The second kappa shape index (κ2) is 12.1. The van der Waals surface area contributed by atoms with E-state index in [9.17, 15) is 9.59 Å². The Balaban J connectivity index is 1.97. The van der Waals surface area contributed by atoms with Crippen LogP contribution in [0.1, 0.15) is 32.3 Å². The molecule has 0 spiro atoms. The van der Waals surface area contributed by atoms with E-state index in [1.807, 2.05) is 49.4 Å². The number of nitrogens with zero attached hydrogens (tertiary/aromatic N) is 1. The number of hydrogen-bond acceptors (Lipinski definition) is 3. The smallest absolute Gasteiger partial charge is 0.242 e. The van der Waals surface area contributed by atoms with Gasteiger partial charge in [-0.25, -0.2) is 0 Å². The Hall–Kier alpha value is -1.69. The number of benzene rings is 2. The summed E-state index contributed by atoms with van der Waals surface area (Å²) in [5, 5.41) is 4.12. The fourth-order valence-electron chi connectivity index (χ4n) is 2.82. The molecule has 2 aromatic rings. The van der Waals surface area contributed by atoms with Crippen LogP contribution in [-0.2, 0) is 16.1 Å². The number of nitrogens with one attached hydrogen (secondary N) is 1. The quantitative estimate of drug-likeness (QED) is 0.386. The van der Waals surface area contributed by atoms with Crippen LogP contribution in [0.15, 0.2) is 53.4 Å². The highest BCUT2D eigenvalue weighted by Crippen LogP contribution is 2.22. The molecule has 0 bridgehead atoms. The summed E-state index contributed by atoms with van der Waals surface area (Å²) in [4.78, 5) is 28.0. The predicted octanol–water partition coefficient (Wildman–Crippen LogP) is 5.42. The van der Waals surface area contributed by atoms with Crippen molar-refractivity contribution in [3.8, 4) is 0 Å². The molecule has 0 aromatic heterocycles. The summed E-state index contributed by atoms with van der Waals surface area (Å²) < 4.78 is 0. The molecule has 0 heterocycles. The lowest BCUT2D eigenvalue weighted by Gasteiger charge is -2.29. The van der Waals surface area contributed by atoms with Crippen LogP contribution in [0.4, 0.5) is 0 Å².